The second-order valence-corrected chi connectivity index (χ2v) is 7.68. The molecule has 4 nitrogen and oxygen atoms in total. The molecule has 1 aromatic carbocycles. The maximum atomic E-state index is 6.50. The molecule has 0 radical (unpaired) electrons. The summed E-state index contributed by atoms with van der Waals surface area (Å²) in [5, 5.41) is 0.499. The molecular formula is C22H26ClN3O. The molecule has 1 saturated carbocycles. The first-order valence-electron chi connectivity index (χ1n) is 10.0. The molecule has 0 aliphatic heterocycles. The second kappa shape index (κ2) is 8.30. The molecule has 1 aliphatic carbocycles. The molecule has 0 atom stereocenters. The van der Waals surface area contributed by atoms with Crippen molar-refractivity contribution in [2.75, 3.05) is 6.61 Å². The van der Waals surface area contributed by atoms with Crippen molar-refractivity contribution in [1.82, 2.24) is 14.4 Å². The van der Waals surface area contributed by atoms with Gasteiger partial charge in [-0.05, 0) is 31.4 Å². The lowest BCUT2D eigenvalue weighted by atomic mass is 9.89. The summed E-state index contributed by atoms with van der Waals surface area (Å²) in [5.41, 5.74) is 2.82. The summed E-state index contributed by atoms with van der Waals surface area (Å²) in [6, 6.07) is 8.15. The Labute approximate surface area is 165 Å². The van der Waals surface area contributed by atoms with Crippen molar-refractivity contribution in [3.63, 3.8) is 0 Å². The first kappa shape index (κ1) is 18.3. The van der Waals surface area contributed by atoms with E-state index < -0.39 is 0 Å². The fraction of sp³-hybridized carbons (Fsp3) is 0.455. The number of hydrogen-bond acceptors (Lipinski definition) is 3. The van der Waals surface area contributed by atoms with Gasteiger partial charge in [-0.25, -0.2) is 9.97 Å². The van der Waals surface area contributed by atoms with Crippen LogP contribution in [0.3, 0.4) is 0 Å². The number of halogens is 1. The topological polar surface area (TPSA) is 39.4 Å². The molecule has 0 N–H and O–H groups in total. The lowest BCUT2D eigenvalue weighted by Gasteiger charge is -2.20. The van der Waals surface area contributed by atoms with Gasteiger partial charge in [0.25, 0.3) is 0 Å². The lowest BCUT2D eigenvalue weighted by Crippen LogP contribution is -2.08. The quantitative estimate of drug-likeness (QED) is 0.470. The Morgan fingerprint density at radius 1 is 1.22 bits per heavy atom. The Balaban J connectivity index is 1.76. The van der Waals surface area contributed by atoms with Crippen LogP contribution >= 0.6 is 11.6 Å². The number of benzene rings is 1. The minimum absolute atomic E-state index is 0.488. The Hall–Kier alpha value is -2.07. The largest absolute Gasteiger partial charge is 0.494 e. The van der Waals surface area contributed by atoms with Gasteiger partial charge in [-0.3, -0.25) is 4.40 Å². The minimum Gasteiger partial charge on any atom is -0.494 e. The predicted molar refractivity (Wildman–Crippen MR) is 110 cm³/mol. The van der Waals surface area contributed by atoms with Gasteiger partial charge in [-0.15, -0.1) is 0 Å². The molecule has 0 saturated heterocycles. The molecule has 0 spiro atoms. The maximum Gasteiger partial charge on any atom is 0.155 e. The maximum absolute atomic E-state index is 6.50. The predicted octanol–water partition coefficient (Wildman–Crippen LogP) is 6.28. The molecule has 2 heterocycles. The third kappa shape index (κ3) is 3.81. The number of rotatable bonds is 6. The molecule has 142 valence electrons. The van der Waals surface area contributed by atoms with E-state index in [0.29, 0.717) is 11.1 Å². The van der Waals surface area contributed by atoms with E-state index in [-0.39, 0.29) is 0 Å². The van der Waals surface area contributed by atoms with Crippen LogP contribution in [-0.4, -0.2) is 21.0 Å². The zero-order valence-electron chi connectivity index (χ0n) is 15.8. The van der Waals surface area contributed by atoms with Gasteiger partial charge in [0.2, 0.25) is 0 Å². The average Bonchev–Trinajstić information content (AvgIpc) is 3.10. The Kier molecular flexibility index (Phi) is 5.63. The zero-order valence-corrected chi connectivity index (χ0v) is 16.6. The van der Waals surface area contributed by atoms with E-state index in [4.69, 9.17) is 21.3 Å². The van der Waals surface area contributed by atoms with Crippen molar-refractivity contribution < 1.29 is 4.74 Å². The fourth-order valence-corrected chi connectivity index (χ4v) is 4.18. The monoisotopic (exact) mass is 383 g/mol. The molecule has 5 heteroatoms. The fourth-order valence-electron chi connectivity index (χ4n) is 3.94. The van der Waals surface area contributed by atoms with Crippen LogP contribution in [0.4, 0.5) is 0 Å². The van der Waals surface area contributed by atoms with Gasteiger partial charge in [-0.1, -0.05) is 56.3 Å². The van der Waals surface area contributed by atoms with Crippen molar-refractivity contribution in [1.29, 1.82) is 0 Å². The van der Waals surface area contributed by atoms with E-state index in [2.05, 4.69) is 28.4 Å². The Morgan fingerprint density at radius 2 is 2.07 bits per heavy atom. The zero-order chi connectivity index (χ0) is 18.6. The highest BCUT2D eigenvalue weighted by molar-refractivity contribution is 6.33. The van der Waals surface area contributed by atoms with Crippen LogP contribution in [0.5, 0.6) is 5.75 Å². The number of nitrogens with zero attached hydrogens (tertiary/aromatic N) is 3. The third-order valence-electron chi connectivity index (χ3n) is 5.38. The molecule has 2 aromatic heterocycles. The van der Waals surface area contributed by atoms with Gasteiger partial charge in [0.05, 0.1) is 12.3 Å². The summed E-state index contributed by atoms with van der Waals surface area (Å²) in [5.74, 6) is 2.48. The minimum atomic E-state index is 0.488. The Bertz CT molecular complexity index is 915. The van der Waals surface area contributed by atoms with Gasteiger partial charge in [0.1, 0.15) is 17.1 Å². The number of aromatic nitrogens is 3. The lowest BCUT2D eigenvalue weighted by molar-refractivity contribution is 0.309. The van der Waals surface area contributed by atoms with E-state index >= 15 is 0 Å². The molecule has 0 bridgehead atoms. The molecular weight excluding hydrogens is 358 g/mol. The van der Waals surface area contributed by atoms with Gasteiger partial charge >= 0.3 is 0 Å². The van der Waals surface area contributed by atoms with E-state index in [0.717, 1.165) is 47.8 Å². The van der Waals surface area contributed by atoms with Crippen molar-refractivity contribution in [2.24, 2.45) is 0 Å². The summed E-state index contributed by atoms with van der Waals surface area (Å²) in [6.07, 6.45) is 12.2. The summed E-state index contributed by atoms with van der Waals surface area (Å²) >= 11 is 6.50. The summed E-state index contributed by atoms with van der Waals surface area (Å²) < 4.78 is 8.03. The molecule has 3 aromatic rings. The number of unbranched alkanes of at least 4 members (excludes halogenated alkanes) is 1. The van der Waals surface area contributed by atoms with Gasteiger partial charge in [-0.2, -0.15) is 0 Å². The number of fused-ring (bicyclic) bond motifs is 1. The average molecular weight is 384 g/mol. The summed E-state index contributed by atoms with van der Waals surface area (Å²) in [4.78, 5) is 9.37. The van der Waals surface area contributed by atoms with E-state index in [9.17, 15) is 0 Å². The summed E-state index contributed by atoms with van der Waals surface area (Å²) in [6.45, 7) is 2.90. The molecule has 1 aliphatic rings. The number of hydrogen-bond donors (Lipinski definition) is 0. The summed E-state index contributed by atoms with van der Waals surface area (Å²) in [7, 11) is 0. The highest BCUT2D eigenvalue weighted by Gasteiger charge is 2.24. The second-order valence-electron chi connectivity index (χ2n) is 7.32. The van der Waals surface area contributed by atoms with Crippen LogP contribution < -0.4 is 4.74 Å². The molecule has 0 unspecified atom stereocenters. The van der Waals surface area contributed by atoms with E-state index in [1.165, 1.54) is 32.1 Å². The number of imidazole rings is 1. The van der Waals surface area contributed by atoms with Crippen LogP contribution in [0.25, 0.3) is 16.8 Å². The van der Waals surface area contributed by atoms with Crippen LogP contribution in [0.15, 0.2) is 36.7 Å². The van der Waals surface area contributed by atoms with Gasteiger partial charge in [0, 0.05) is 23.9 Å². The van der Waals surface area contributed by atoms with Crippen molar-refractivity contribution in [3.8, 4) is 17.0 Å². The molecule has 1 fully saturated rings. The number of ether oxygens (including phenoxy) is 1. The Morgan fingerprint density at radius 3 is 2.89 bits per heavy atom. The van der Waals surface area contributed by atoms with E-state index in [1.807, 2.05) is 18.3 Å². The van der Waals surface area contributed by atoms with Crippen LogP contribution in [0.2, 0.25) is 5.15 Å². The third-order valence-corrected chi connectivity index (χ3v) is 5.66. The standard InChI is InChI=1S/C22H26ClN3O/c1-2-3-14-27-18-11-7-10-17(15-18)19-20-21(23)24-12-13-26(20)22(25-19)16-8-5-4-6-9-16/h7,10-13,15-16H,2-6,8-9,14H2,1H3. The van der Waals surface area contributed by atoms with Crippen molar-refractivity contribution >= 4 is 17.1 Å². The van der Waals surface area contributed by atoms with Crippen LogP contribution in [0, 0.1) is 0 Å². The van der Waals surface area contributed by atoms with Crippen molar-refractivity contribution in [2.45, 2.75) is 57.8 Å². The normalized spacial score (nSPS) is 15.3. The highest BCUT2D eigenvalue weighted by atomic mass is 35.5. The van der Waals surface area contributed by atoms with Crippen LogP contribution in [-0.2, 0) is 0 Å². The van der Waals surface area contributed by atoms with Gasteiger partial charge < -0.3 is 4.74 Å². The molecule has 4 rings (SSSR count). The van der Waals surface area contributed by atoms with Crippen LogP contribution in [0.1, 0.15) is 63.6 Å². The van der Waals surface area contributed by atoms with E-state index in [1.54, 1.807) is 6.20 Å². The SMILES string of the molecule is CCCCOc1cccc(-c2nc(C3CCCCC3)n3ccnc(Cl)c23)c1. The van der Waals surface area contributed by atoms with Crippen molar-refractivity contribution in [3.05, 3.63) is 47.6 Å². The molecule has 27 heavy (non-hydrogen) atoms. The smallest absolute Gasteiger partial charge is 0.155 e. The molecule has 0 amide bonds. The first-order valence-corrected chi connectivity index (χ1v) is 10.4. The van der Waals surface area contributed by atoms with Gasteiger partial charge in [0.15, 0.2) is 5.15 Å². The first-order chi connectivity index (χ1) is 13.3. The highest BCUT2D eigenvalue weighted by Crippen LogP contribution is 2.37.